The van der Waals surface area contributed by atoms with Crippen LogP contribution < -0.4 is 10.6 Å². The van der Waals surface area contributed by atoms with Crippen molar-refractivity contribution in [3.8, 4) is 5.69 Å². The van der Waals surface area contributed by atoms with Gasteiger partial charge in [-0.2, -0.15) is 31.4 Å². The number of ether oxygens (including phenoxy) is 2. The van der Waals surface area contributed by atoms with Crippen LogP contribution in [0.3, 0.4) is 0 Å². The number of nitrogens with zero attached hydrogens (tertiary/aromatic N) is 4. The van der Waals surface area contributed by atoms with E-state index in [-0.39, 0.29) is 0 Å². The number of hydrogen-bond donors (Lipinski definition) is 2. The van der Waals surface area contributed by atoms with Gasteiger partial charge in [-0.3, -0.25) is 0 Å². The number of rotatable bonds is 8. The minimum absolute atomic E-state index is 0.467. The normalized spacial score (nSPS) is 13.9. The van der Waals surface area contributed by atoms with Crippen LogP contribution in [0.15, 0.2) is 22.2 Å². The summed E-state index contributed by atoms with van der Waals surface area (Å²) in [7, 11) is -1.49. The van der Waals surface area contributed by atoms with Gasteiger partial charge in [0.25, 0.3) is 0 Å². The Labute approximate surface area is 200 Å². The van der Waals surface area contributed by atoms with Crippen LogP contribution in [0.5, 0.6) is 0 Å². The van der Waals surface area contributed by atoms with E-state index in [9.17, 15) is 30.6 Å². The van der Waals surface area contributed by atoms with E-state index in [1.54, 1.807) is 0 Å². The molecule has 1 unspecified atom stereocenters. The molecular formula is C16H15Cl2F6N5O4S. The summed E-state index contributed by atoms with van der Waals surface area (Å²) in [4.78, 5) is -0.159. The van der Waals surface area contributed by atoms with Gasteiger partial charge in [0.05, 0.1) is 15.6 Å². The number of hydrogen-bond acceptors (Lipinski definition) is 7. The van der Waals surface area contributed by atoms with E-state index >= 15 is 0 Å². The summed E-state index contributed by atoms with van der Waals surface area (Å²) in [6.45, 7) is -0.958. The second kappa shape index (κ2) is 10.6. The summed E-state index contributed by atoms with van der Waals surface area (Å²) < 4.78 is 103. The molecule has 0 aliphatic carbocycles. The number of alkyl halides is 6. The van der Waals surface area contributed by atoms with E-state index in [4.69, 9.17) is 43.6 Å². The molecule has 3 N–H and O–H groups in total. The Hall–Kier alpha value is -2.27. The zero-order valence-corrected chi connectivity index (χ0v) is 19.4. The SMILES string of the molecule is COCN(COC)c1c(S(=O)C(F)(F)F)c(/C(N)=N/O)nn1-c1c(Cl)cc(C(F)(F)F)cc1Cl. The van der Waals surface area contributed by atoms with Crippen LogP contribution >= 0.6 is 23.2 Å². The monoisotopic (exact) mass is 557 g/mol. The lowest BCUT2D eigenvalue weighted by molar-refractivity contribution is -0.137. The fraction of sp³-hybridized carbons (Fsp3) is 0.375. The zero-order valence-electron chi connectivity index (χ0n) is 17.0. The quantitative estimate of drug-likeness (QED) is 0.126. The van der Waals surface area contributed by atoms with Crippen molar-refractivity contribution in [1.29, 1.82) is 0 Å². The van der Waals surface area contributed by atoms with Crippen molar-refractivity contribution < 1.29 is 45.2 Å². The number of halogens is 8. The first-order valence-corrected chi connectivity index (χ1v) is 10.5. The van der Waals surface area contributed by atoms with Gasteiger partial charge in [0, 0.05) is 14.2 Å². The molecule has 1 aromatic heterocycles. The third-order valence-corrected chi connectivity index (χ3v) is 5.73. The average molecular weight is 558 g/mol. The van der Waals surface area contributed by atoms with E-state index in [1.807, 2.05) is 0 Å². The molecule has 34 heavy (non-hydrogen) atoms. The average Bonchev–Trinajstić information content (AvgIpc) is 3.10. The molecule has 0 saturated heterocycles. The molecule has 0 bridgehead atoms. The molecule has 2 aromatic rings. The van der Waals surface area contributed by atoms with Gasteiger partial charge >= 0.3 is 11.7 Å². The van der Waals surface area contributed by atoms with Crippen molar-refractivity contribution in [2.45, 2.75) is 16.6 Å². The lowest BCUT2D eigenvalue weighted by Crippen LogP contribution is -2.32. The summed E-state index contributed by atoms with van der Waals surface area (Å²) >= 11 is 12.0. The first-order chi connectivity index (χ1) is 15.7. The summed E-state index contributed by atoms with van der Waals surface area (Å²) in [5.41, 5.74) is -2.55. The van der Waals surface area contributed by atoms with Crippen LogP contribution in [-0.4, -0.2) is 58.2 Å². The predicted octanol–water partition coefficient (Wildman–Crippen LogP) is 3.93. The Morgan fingerprint density at radius 3 is 2.06 bits per heavy atom. The predicted molar refractivity (Wildman–Crippen MR) is 110 cm³/mol. The third-order valence-electron chi connectivity index (χ3n) is 3.99. The number of nitrogens with two attached hydrogens (primary N) is 1. The van der Waals surface area contributed by atoms with Gasteiger partial charge in [-0.05, 0) is 12.1 Å². The van der Waals surface area contributed by atoms with Crippen LogP contribution in [0.1, 0.15) is 11.3 Å². The number of anilines is 1. The Morgan fingerprint density at radius 2 is 1.68 bits per heavy atom. The summed E-state index contributed by atoms with van der Waals surface area (Å²) in [6.07, 6.45) is -4.85. The van der Waals surface area contributed by atoms with Gasteiger partial charge in [0.1, 0.15) is 29.7 Å². The molecule has 1 heterocycles. The number of aromatic nitrogens is 2. The minimum Gasteiger partial charge on any atom is -0.409 e. The molecule has 0 spiro atoms. The standard InChI is InChI=1S/C16H15Cl2F6N5O4S/c1-32-5-28(6-33-2)14-12(34(31)16(22,23)24)10(13(25)27-30)26-29(14)11-8(17)3-7(4-9(11)18)15(19,20)21/h3-4,30H,5-6H2,1-2H3,(H2,25,27). The molecular weight excluding hydrogens is 543 g/mol. The van der Waals surface area contributed by atoms with Crippen molar-refractivity contribution in [2.24, 2.45) is 10.9 Å². The molecule has 190 valence electrons. The molecule has 1 atom stereocenters. The van der Waals surface area contributed by atoms with Crippen LogP contribution in [-0.2, 0) is 26.4 Å². The topological polar surface area (TPSA) is 115 Å². The fourth-order valence-electron chi connectivity index (χ4n) is 2.73. The number of oxime groups is 1. The van der Waals surface area contributed by atoms with E-state index < -0.39 is 79.5 Å². The highest BCUT2D eigenvalue weighted by molar-refractivity contribution is 7.86. The first kappa shape index (κ1) is 28.0. The van der Waals surface area contributed by atoms with Crippen LogP contribution in [0, 0.1) is 0 Å². The van der Waals surface area contributed by atoms with Crippen molar-refractivity contribution >= 4 is 45.7 Å². The van der Waals surface area contributed by atoms with Gasteiger partial charge in [-0.15, -0.1) is 0 Å². The van der Waals surface area contributed by atoms with Gasteiger partial charge in [0.15, 0.2) is 22.5 Å². The molecule has 9 nitrogen and oxygen atoms in total. The highest BCUT2D eigenvalue weighted by Gasteiger charge is 2.45. The molecule has 0 aliphatic rings. The third kappa shape index (κ3) is 5.68. The summed E-state index contributed by atoms with van der Waals surface area (Å²) in [5, 5.41) is 14.1. The molecule has 18 heteroatoms. The Bertz CT molecular complexity index is 1080. The summed E-state index contributed by atoms with van der Waals surface area (Å²) in [5.74, 6) is -1.65. The molecule has 0 amide bonds. The van der Waals surface area contributed by atoms with Gasteiger partial charge in [0.2, 0.25) is 0 Å². The van der Waals surface area contributed by atoms with Gasteiger partial charge in [-0.25, -0.2) is 8.89 Å². The van der Waals surface area contributed by atoms with Gasteiger partial charge in [-0.1, -0.05) is 28.4 Å². The Balaban J connectivity index is 3.04. The Morgan fingerprint density at radius 1 is 1.18 bits per heavy atom. The van der Waals surface area contributed by atoms with Crippen LogP contribution in [0.4, 0.5) is 32.2 Å². The maximum atomic E-state index is 13.5. The van der Waals surface area contributed by atoms with E-state index in [1.165, 1.54) is 14.2 Å². The van der Waals surface area contributed by atoms with Crippen LogP contribution in [0.2, 0.25) is 10.0 Å². The van der Waals surface area contributed by atoms with Crippen molar-refractivity contribution in [3.63, 3.8) is 0 Å². The molecule has 2 rings (SSSR count). The Kier molecular flexibility index (Phi) is 8.68. The molecule has 0 aliphatic heterocycles. The largest absolute Gasteiger partial charge is 0.476 e. The zero-order chi connectivity index (χ0) is 26.0. The molecule has 0 saturated carbocycles. The number of benzene rings is 1. The smallest absolute Gasteiger partial charge is 0.409 e. The van der Waals surface area contributed by atoms with E-state index in [2.05, 4.69) is 10.3 Å². The second-order valence-electron chi connectivity index (χ2n) is 6.27. The minimum atomic E-state index is -5.35. The molecule has 0 radical (unpaired) electrons. The number of amidine groups is 1. The van der Waals surface area contributed by atoms with Crippen molar-refractivity contribution in [1.82, 2.24) is 9.78 Å². The molecule has 0 fully saturated rings. The highest BCUT2D eigenvalue weighted by Crippen LogP contribution is 2.42. The summed E-state index contributed by atoms with van der Waals surface area (Å²) in [6, 6.07) is 0.934. The van der Waals surface area contributed by atoms with E-state index in [0.29, 0.717) is 16.8 Å². The second-order valence-corrected chi connectivity index (χ2v) is 8.50. The van der Waals surface area contributed by atoms with Crippen molar-refractivity contribution in [3.05, 3.63) is 33.4 Å². The molecule has 1 aromatic carbocycles. The van der Waals surface area contributed by atoms with Crippen LogP contribution in [0.25, 0.3) is 5.69 Å². The fourth-order valence-corrected chi connectivity index (χ4v) is 4.31. The van der Waals surface area contributed by atoms with Crippen molar-refractivity contribution in [2.75, 3.05) is 32.6 Å². The maximum absolute atomic E-state index is 13.5. The lowest BCUT2D eigenvalue weighted by Gasteiger charge is -2.25. The first-order valence-electron chi connectivity index (χ1n) is 8.57. The maximum Gasteiger partial charge on any atom is 0.476 e. The van der Waals surface area contributed by atoms with Gasteiger partial charge < -0.3 is 25.3 Å². The van der Waals surface area contributed by atoms with E-state index in [0.717, 1.165) is 4.90 Å². The lowest BCUT2D eigenvalue weighted by atomic mass is 10.2. The highest BCUT2D eigenvalue weighted by atomic mass is 35.5. The number of methoxy groups -OCH3 is 2.